The van der Waals surface area contributed by atoms with Gasteiger partial charge in [-0.1, -0.05) is 36.4 Å². The SMILES string of the molecule is C[N]c1cccc2cc3ccccc3cc12. The molecule has 3 aromatic carbocycles. The average molecular weight is 206 g/mol. The maximum Gasteiger partial charge on any atom is 0.0649 e. The van der Waals surface area contributed by atoms with Crippen LogP contribution in [0.2, 0.25) is 0 Å². The number of benzene rings is 3. The second-order valence-corrected chi connectivity index (χ2v) is 3.92. The van der Waals surface area contributed by atoms with Gasteiger partial charge >= 0.3 is 0 Å². The lowest BCUT2D eigenvalue weighted by molar-refractivity contribution is 1.10. The van der Waals surface area contributed by atoms with E-state index in [4.69, 9.17) is 0 Å². The van der Waals surface area contributed by atoms with E-state index in [9.17, 15) is 0 Å². The standard InChI is InChI=1S/C15H12N/c1-16-15-8-4-7-13-9-11-5-2-3-6-12(11)10-14(13)15/h2-10H,1H3. The van der Waals surface area contributed by atoms with Crippen LogP contribution < -0.4 is 5.32 Å². The predicted octanol–water partition coefficient (Wildman–Crippen LogP) is 3.86. The lowest BCUT2D eigenvalue weighted by atomic mass is 10.0. The third kappa shape index (κ3) is 1.33. The van der Waals surface area contributed by atoms with Gasteiger partial charge < -0.3 is 0 Å². The van der Waals surface area contributed by atoms with Crippen molar-refractivity contribution in [2.24, 2.45) is 0 Å². The van der Waals surface area contributed by atoms with E-state index >= 15 is 0 Å². The van der Waals surface area contributed by atoms with E-state index in [1.165, 1.54) is 21.5 Å². The van der Waals surface area contributed by atoms with Crippen molar-refractivity contribution in [2.75, 3.05) is 7.05 Å². The number of hydrogen-bond donors (Lipinski definition) is 0. The van der Waals surface area contributed by atoms with E-state index in [2.05, 4.69) is 59.9 Å². The third-order valence-electron chi connectivity index (χ3n) is 2.96. The molecule has 3 aromatic rings. The Kier molecular flexibility index (Phi) is 2.03. The molecule has 3 rings (SSSR count). The van der Waals surface area contributed by atoms with Crippen LogP contribution in [0.3, 0.4) is 0 Å². The lowest BCUT2D eigenvalue weighted by Gasteiger charge is -2.06. The minimum atomic E-state index is 1.06. The molecule has 0 unspecified atom stereocenters. The van der Waals surface area contributed by atoms with Gasteiger partial charge in [0.15, 0.2) is 0 Å². The van der Waals surface area contributed by atoms with Crippen LogP contribution in [-0.2, 0) is 0 Å². The maximum absolute atomic E-state index is 4.31. The first-order chi connectivity index (χ1) is 7.88. The Morgan fingerprint density at radius 2 is 1.44 bits per heavy atom. The fourth-order valence-corrected chi connectivity index (χ4v) is 2.15. The predicted molar refractivity (Wildman–Crippen MR) is 69.2 cm³/mol. The number of rotatable bonds is 1. The fraction of sp³-hybridized carbons (Fsp3) is 0.0667. The minimum Gasteiger partial charge on any atom is -0.288 e. The molecule has 0 heterocycles. The van der Waals surface area contributed by atoms with Crippen LogP contribution in [0, 0.1) is 0 Å². The average Bonchev–Trinajstić information content (AvgIpc) is 2.35. The molecule has 16 heavy (non-hydrogen) atoms. The Morgan fingerprint density at radius 3 is 2.19 bits per heavy atom. The van der Waals surface area contributed by atoms with E-state index in [0.717, 1.165) is 5.69 Å². The highest BCUT2D eigenvalue weighted by Gasteiger charge is 2.01. The van der Waals surface area contributed by atoms with Crippen molar-refractivity contribution < 1.29 is 0 Å². The number of fused-ring (bicyclic) bond motifs is 2. The first kappa shape index (κ1) is 9.22. The lowest BCUT2D eigenvalue weighted by Crippen LogP contribution is -1.87. The molecule has 0 amide bonds. The Bertz CT molecular complexity index is 656. The summed E-state index contributed by atoms with van der Waals surface area (Å²) in [5.41, 5.74) is 1.06. The first-order valence-electron chi connectivity index (χ1n) is 5.40. The van der Waals surface area contributed by atoms with Gasteiger partial charge in [-0.3, -0.25) is 5.32 Å². The molecule has 0 saturated heterocycles. The van der Waals surface area contributed by atoms with Crippen molar-refractivity contribution in [3.05, 3.63) is 54.6 Å². The number of nitrogens with zero attached hydrogens (tertiary/aromatic N) is 1. The van der Waals surface area contributed by atoms with Crippen molar-refractivity contribution in [3.63, 3.8) is 0 Å². The molecule has 0 atom stereocenters. The zero-order valence-corrected chi connectivity index (χ0v) is 9.14. The van der Waals surface area contributed by atoms with Crippen LogP contribution in [0.1, 0.15) is 0 Å². The fourth-order valence-electron chi connectivity index (χ4n) is 2.15. The monoisotopic (exact) mass is 206 g/mol. The summed E-state index contributed by atoms with van der Waals surface area (Å²) < 4.78 is 0. The molecule has 1 radical (unpaired) electrons. The third-order valence-corrected chi connectivity index (χ3v) is 2.96. The van der Waals surface area contributed by atoms with Crippen molar-refractivity contribution in [3.8, 4) is 0 Å². The molecule has 0 aliphatic heterocycles. The summed E-state index contributed by atoms with van der Waals surface area (Å²) in [6.07, 6.45) is 0. The molecule has 0 aliphatic carbocycles. The highest BCUT2D eigenvalue weighted by atomic mass is 14.8. The maximum atomic E-state index is 4.31. The molecule has 1 nitrogen and oxygen atoms in total. The Morgan fingerprint density at radius 1 is 0.750 bits per heavy atom. The van der Waals surface area contributed by atoms with Crippen LogP contribution in [0.4, 0.5) is 5.69 Å². The van der Waals surface area contributed by atoms with E-state index in [1.54, 1.807) is 0 Å². The van der Waals surface area contributed by atoms with Gasteiger partial charge in [-0.15, -0.1) is 0 Å². The van der Waals surface area contributed by atoms with Crippen LogP contribution in [-0.4, -0.2) is 7.05 Å². The van der Waals surface area contributed by atoms with E-state index < -0.39 is 0 Å². The van der Waals surface area contributed by atoms with Crippen molar-refractivity contribution >= 4 is 27.2 Å². The summed E-state index contributed by atoms with van der Waals surface area (Å²) in [6, 6.07) is 19.1. The Balaban J connectivity index is 2.46. The van der Waals surface area contributed by atoms with Gasteiger partial charge in [-0.25, -0.2) is 0 Å². The van der Waals surface area contributed by atoms with E-state index in [0.29, 0.717) is 0 Å². The van der Waals surface area contributed by atoms with Gasteiger partial charge in [0.2, 0.25) is 0 Å². The molecule has 0 bridgehead atoms. The molecule has 0 saturated carbocycles. The van der Waals surface area contributed by atoms with Crippen molar-refractivity contribution in [2.45, 2.75) is 0 Å². The summed E-state index contributed by atoms with van der Waals surface area (Å²) in [7, 11) is 1.84. The molecule has 0 N–H and O–H groups in total. The van der Waals surface area contributed by atoms with Crippen LogP contribution >= 0.6 is 0 Å². The summed E-state index contributed by atoms with van der Waals surface area (Å²) in [6.45, 7) is 0. The van der Waals surface area contributed by atoms with Gasteiger partial charge in [-0.2, -0.15) is 0 Å². The number of hydrogen-bond acceptors (Lipinski definition) is 0. The highest BCUT2D eigenvalue weighted by molar-refractivity contribution is 6.02. The quantitative estimate of drug-likeness (QED) is 0.537. The van der Waals surface area contributed by atoms with E-state index in [1.807, 2.05) is 7.05 Å². The molecule has 0 aliphatic rings. The molecule has 77 valence electrons. The van der Waals surface area contributed by atoms with Crippen molar-refractivity contribution in [1.29, 1.82) is 0 Å². The first-order valence-corrected chi connectivity index (χ1v) is 5.40. The van der Waals surface area contributed by atoms with Crippen LogP contribution in [0.5, 0.6) is 0 Å². The van der Waals surface area contributed by atoms with Gasteiger partial charge in [0, 0.05) is 12.4 Å². The van der Waals surface area contributed by atoms with Gasteiger partial charge in [0.1, 0.15) is 0 Å². The molecular formula is C15H12N. The van der Waals surface area contributed by atoms with Gasteiger partial charge in [0.25, 0.3) is 0 Å². The second kappa shape index (κ2) is 3.53. The summed E-state index contributed by atoms with van der Waals surface area (Å²) in [5, 5.41) is 9.33. The smallest absolute Gasteiger partial charge is 0.0649 e. The molecule has 0 spiro atoms. The molecule has 1 heteroatoms. The van der Waals surface area contributed by atoms with Crippen LogP contribution in [0.25, 0.3) is 21.5 Å². The zero-order valence-electron chi connectivity index (χ0n) is 9.14. The van der Waals surface area contributed by atoms with E-state index in [-0.39, 0.29) is 0 Å². The summed E-state index contributed by atoms with van der Waals surface area (Å²) in [5.74, 6) is 0. The Hall–Kier alpha value is -2.02. The normalized spacial score (nSPS) is 10.8. The molecule has 0 aromatic heterocycles. The van der Waals surface area contributed by atoms with Gasteiger partial charge in [-0.05, 0) is 34.4 Å². The molecule has 0 fully saturated rings. The zero-order chi connectivity index (χ0) is 11.0. The van der Waals surface area contributed by atoms with Crippen molar-refractivity contribution in [1.82, 2.24) is 5.32 Å². The topological polar surface area (TPSA) is 14.1 Å². The second-order valence-electron chi connectivity index (χ2n) is 3.92. The largest absolute Gasteiger partial charge is 0.288 e. The summed E-state index contributed by atoms with van der Waals surface area (Å²) >= 11 is 0. The highest BCUT2D eigenvalue weighted by Crippen LogP contribution is 2.27. The van der Waals surface area contributed by atoms with Crippen LogP contribution in [0.15, 0.2) is 54.6 Å². The Labute approximate surface area is 94.7 Å². The van der Waals surface area contributed by atoms with Gasteiger partial charge in [0.05, 0.1) is 5.69 Å². The minimum absolute atomic E-state index is 1.06. The summed E-state index contributed by atoms with van der Waals surface area (Å²) in [4.78, 5) is 0. The molecular weight excluding hydrogens is 194 g/mol.